The van der Waals surface area contributed by atoms with Crippen LogP contribution in [-0.2, 0) is 42.9 Å². The summed E-state index contributed by atoms with van der Waals surface area (Å²) in [5.41, 5.74) is 0.704. The van der Waals surface area contributed by atoms with E-state index in [1.165, 1.54) is 24.4 Å². The molecule has 0 N–H and O–H groups in total. The highest BCUT2D eigenvalue weighted by molar-refractivity contribution is 7.90. The second kappa shape index (κ2) is 11.2. The van der Waals surface area contributed by atoms with Crippen molar-refractivity contribution >= 4 is 15.7 Å². The van der Waals surface area contributed by atoms with E-state index in [1.54, 1.807) is 15.5 Å². The van der Waals surface area contributed by atoms with Crippen molar-refractivity contribution in [3.05, 3.63) is 47.5 Å². The lowest BCUT2D eigenvalue weighted by atomic mass is 10.1. The van der Waals surface area contributed by atoms with Crippen molar-refractivity contribution in [2.75, 3.05) is 19.8 Å². The van der Waals surface area contributed by atoms with Gasteiger partial charge >= 0.3 is 0 Å². The molecule has 0 spiro atoms. The van der Waals surface area contributed by atoms with Gasteiger partial charge in [-0.1, -0.05) is 32.0 Å². The smallest absolute Gasteiger partial charge is 0.228 e. The van der Waals surface area contributed by atoms with Gasteiger partial charge in [0.2, 0.25) is 20.9 Å². The molecule has 1 aromatic heterocycles. The average Bonchev–Trinajstić information content (AvgIpc) is 3.58. The van der Waals surface area contributed by atoms with Gasteiger partial charge in [-0.05, 0) is 31.7 Å². The fourth-order valence-corrected chi connectivity index (χ4v) is 6.18. The molecule has 2 unspecified atom stereocenters. The molecule has 1 amide bonds. The second-order valence-electron chi connectivity index (χ2n) is 9.64. The molecular weight excluding hydrogens is 473 g/mol. The van der Waals surface area contributed by atoms with E-state index in [2.05, 4.69) is 4.98 Å². The van der Waals surface area contributed by atoms with Gasteiger partial charge in [-0.15, -0.1) is 0 Å². The van der Waals surface area contributed by atoms with Crippen LogP contribution in [0, 0.1) is 11.7 Å². The standard InChI is InChI=1S/C25H34FN3O5S/c1-18(2)24(30)28(15-21-8-5-11-33-21)14-20-13-27-25(29(20)16-22-9-6-12-34-22)35(31,32)17-19-7-3-4-10-23(19)26/h3-4,7,10,13,18,21-22H,5-6,8-9,11-12,14-17H2,1-2H3. The van der Waals surface area contributed by atoms with Crippen LogP contribution in [0.4, 0.5) is 4.39 Å². The molecule has 2 saturated heterocycles. The Hall–Kier alpha value is -2.30. The summed E-state index contributed by atoms with van der Waals surface area (Å²) in [6, 6.07) is 5.84. The van der Waals surface area contributed by atoms with Crippen LogP contribution in [0.15, 0.2) is 35.6 Å². The first-order valence-electron chi connectivity index (χ1n) is 12.3. The molecular formula is C25H34FN3O5S. The third-order valence-corrected chi connectivity index (χ3v) is 8.07. The van der Waals surface area contributed by atoms with Crippen LogP contribution < -0.4 is 0 Å². The van der Waals surface area contributed by atoms with E-state index < -0.39 is 21.4 Å². The highest BCUT2D eigenvalue weighted by Gasteiger charge is 2.30. The van der Waals surface area contributed by atoms with Gasteiger partial charge in [0.1, 0.15) is 5.82 Å². The van der Waals surface area contributed by atoms with Crippen LogP contribution in [0.2, 0.25) is 0 Å². The maximum atomic E-state index is 14.2. The molecule has 2 aliphatic rings. The number of benzene rings is 1. The lowest BCUT2D eigenvalue weighted by Crippen LogP contribution is -2.40. The summed E-state index contributed by atoms with van der Waals surface area (Å²) in [6.45, 7) is 5.97. The summed E-state index contributed by atoms with van der Waals surface area (Å²) < 4.78 is 54.2. The summed E-state index contributed by atoms with van der Waals surface area (Å²) in [7, 11) is -3.95. The topological polar surface area (TPSA) is 90.7 Å². The number of nitrogens with zero attached hydrogens (tertiary/aromatic N) is 3. The number of hydrogen-bond donors (Lipinski definition) is 0. The minimum atomic E-state index is -3.95. The lowest BCUT2D eigenvalue weighted by molar-refractivity contribution is -0.136. The van der Waals surface area contributed by atoms with Crippen LogP contribution in [0.25, 0.3) is 0 Å². The summed E-state index contributed by atoms with van der Waals surface area (Å²) in [5.74, 6) is -1.30. The van der Waals surface area contributed by atoms with E-state index in [-0.39, 0.29) is 41.3 Å². The van der Waals surface area contributed by atoms with Crippen molar-refractivity contribution in [3.8, 4) is 0 Å². The molecule has 35 heavy (non-hydrogen) atoms. The Morgan fingerprint density at radius 1 is 1.17 bits per heavy atom. The van der Waals surface area contributed by atoms with Gasteiger partial charge in [0.15, 0.2) is 0 Å². The molecule has 0 radical (unpaired) electrons. The highest BCUT2D eigenvalue weighted by Crippen LogP contribution is 2.24. The minimum absolute atomic E-state index is 0.0267. The molecule has 0 saturated carbocycles. The van der Waals surface area contributed by atoms with Crippen LogP contribution in [-0.4, -0.2) is 60.7 Å². The Morgan fingerprint density at radius 3 is 2.49 bits per heavy atom. The maximum Gasteiger partial charge on any atom is 0.228 e. The van der Waals surface area contributed by atoms with Crippen LogP contribution in [0.3, 0.4) is 0 Å². The third kappa shape index (κ3) is 6.29. The zero-order valence-electron chi connectivity index (χ0n) is 20.4. The zero-order valence-corrected chi connectivity index (χ0v) is 21.2. The largest absolute Gasteiger partial charge is 0.376 e. The normalized spacial score (nSPS) is 20.6. The fourth-order valence-electron chi connectivity index (χ4n) is 4.67. The number of aromatic nitrogens is 2. The molecule has 192 valence electrons. The summed E-state index contributed by atoms with van der Waals surface area (Å²) in [4.78, 5) is 19.0. The fraction of sp³-hybridized carbons (Fsp3) is 0.600. The van der Waals surface area contributed by atoms with Gasteiger partial charge < -0.3 is 18.9 Å². The Morgan fingerprint density at radius 2 is 1.86 bits per heavy atom. The molecule has 2 aliphatic heterocycles. The van der Waals surface area contributed by atoms with Crippen molar-refractivity contribution in [1.29, 1.82) is 0 Å². The Kier molecular flexibility index (Phi) is 8.23. The van der Waals surface area contributed by atoms with Crippen LogP contribution >= 0.6 is 0 Å². The molecule has 2 atom stereocenters. The number of carbonyl (C=O) groups is 1. The van der Waals surface area contributed by atoms with Crippen LogP contribution in [0.1, 0.15) is 50.8 Å². The van der Waals surface area contributed by atoms with Crippen molar-refractivity contribution in [2.24, 2.45) is 5.92 Å². The van der Waals surface area contributed by atoms with E-state index >= 15 is 0 Å². The molecule has 0 bridgehead atoms. The molecule has 2 aromatic rings. The first-order chi connectivity index (χ1) is 16.7. The average molecular weight is 508 g/mol. The number of rotatable bonds is 10. The molecule has 3 heterocycles. The number of sulfone groups is 1. The highest BCUT2D eigenvalue weighted by atomic mass is 32.2. The van der Waals surface area contributed by atoms with E-state index in [9.17, 15) is 17.6 Å². The summed E-state index contributed by atoms with van der Waals surface area (Å²) in [5, 5.41) is -0.125. The van der Waals surface area contributed by atoms with Crippen molar-refractivity contribution in [2.45, 2.75) is 75.7 Å². The third-order valence-electron chi connectivity index (χ3n) is 6.50. The molecule has 10 heteroatoms. The number of halogens is 1. The van der Waals surface area contributed by atoms with Gasteiger partial charge in [0.05, 0.1) is 42.9 Å². The molecule has 8 nitrogen and oxygen atoms in total. The van der Waals surface area contributed by atoms with Crippen LogP contribution in [0.5, 0.6) is 0 Å². The first kappa shape index (κ1) is 25.8. The SMILES string of the molecule is CC(C)C(=O)N(Cc1cnc(S(=O)(=O)Cc2ccccc2F)n1CC1CCCO1)CC1CCCO1. The van der Waals surface area contributed by atoms with Gasteiger partial charge in [-0.25, -0.2) is 17.8 Å². The maximum absolute atomic E-state index is 14.2. The Balaban J connectivity index is 1.65. The number of amides is 1. The van der Waals surface area contributed by atoms with Gasteiger partial charge in [0.25, 0.3) is 0 Å². The molecule has 4 rings (SSSR count). The van der Waals surface area contributed by atoms with Crippen molar-refractivity contribution in [3.63, 3.8) is 0 Å². The predicted octanol–water partition coefficient (Wildman–Crippen LogP) is 3.34. The molecule has 2 fully saturated rings. The van der Waals surface area contributed by atoms with Crippen molar-refractivity contribution < 1.29 is 27.1 Å². The van der Waals surface area contributed by atoms with Gasteiger partial charge in [-0.3, -0.25) is 4.79 Å². The lowest BCUT2D eigenvalue weighted by Gasteiger charge is -2.28. The summed E-state index contributed by atoms with van der Waals surface area (Å²) >= 11 is 0. The second-order valence-corrected chi connectivity index (χ2v) is 11.5. The zero-order chi connectivity index (χ0) is 25.0. The predicted molar refractivity (Wildman–Crippen MR) is 128 cm³/mol. The number of carbonyl (C=O) groups excluding carboxylic acids is 1. The van der Waals surface area contributed by atoms with Crippen molar-refractivity contribution in [1.82, 2.24) is 14.5 Å². The number of hydrogen-bond acceptors (Lipinski definition) is 6. The van der Waals surface area contributed by atoms with Gasteiger partial charge in [0, 0.05) is 31.2 Å². The first-order valence-corrected chi connectivity index (χ1v) is 13.9. The van der Waals surface area contributed by atoms with E-state index in [0.717, 1.165) is 25.7 Å². The van der Waals surface area contributed by atoms with E-state index in [4.69, 9.17) is 9.47 Å². The number of ether oxygens (including phenoxy) is 2. The minimum Gasteiger partial charge on any atom is -0.376 e. The van der Waals surface area contributed by atoms with E-state index in [1.807, 2.05) is 13.8 Å². The number of imidazole rings is 1. The molecule has 1 aromatic carbocycles. The summed E-state index contributed by atoms with van der Waals surface area (Å²) in [6.07, 6.45) is 4.91. The molecule has 0 aliphatic carbocycles. The van der Waals surface area contributed by atoms with E-state index in [0.29, 0.717) is 32.0 Å². The Labute approximate surface area is 206 Å². The quantitative estimate of drug-likeness (QED) is 0.490. The Bertz CT molecular complexity index is 1120. The van der Waals surface area contributed by atoms with Gasteiger partial charge in [-0.2, -0.15) is 0 Å². The monoisotopic (exact) mass is 507 g/mol.